The third-order valence-corrected chi connectivity index (χ3v) is 4.68. The lowest BCUT2D eigenvalue weighted by molar-refractivity contribution is -0.117. The van der Waals surface area contributed by atoms with Gasteiger partial charge in [0.05, 0.1) is 5.56 Å². The number of aromatic nitrogens is 1. The number of carbonyl (C=O) groups excluding carboxylic acids is 2. The van der Waals surface area contributed by atoms with Gasteiger partial charge >= 0.3 is 0 Å². The lowest BCUT2D eigenvalue weighted by atomic mass is 10.2. The molecule has 7 heteroatoms. The van der Waals surface area contributed by atoms with Crippen LogP contribution in [-0.2, 0) is 4.79 Å². The molecular weight excluding hydrogens is 390 g/mol. The summed E-state index contributed by atoms with van der Waals surface area (Å²) in [5, 5.41) is 5.89. The van der Waals surface area contributed by atoms with Gasteiger partial charge in [0.2, 0.25) is 0 Å². The standard InChI is InChI=1S/C22H18ClN3O3/c23-20-17(7-4-12-24-20)19-11-10-16(29-19)13-18(22(28)25-15-8-9-15)26-21(27)14-5-2-1-3-6-14/h1-7,10-13,15H,8-9H2,(H,25,28)(H,26,27)/b18-13+. The molecule has 2 amide bonds. The van der Waals surface area contributed by atoms with Gasteiger partial charge in [-0.25, -0.2) is 4.98 Å². The first-order valence-corrected chi connectivity index (χ1v) is 9.57. The first-order valence-electron chi connectivity index (χ1n) is 9.20. The Labute approximate surface area is 172 Å². The maximum absolute atomic E-state index is 12.6. The predicted molar refractivity (Wildman–Crippen MR) is 110 cm³/mol. The molecule has 0 unspecified atom stereocenters. The van der Waals surface area contributed by atoms with Crippen LogP contribution in [0, 0.1) is 0 Å². The van der Waals surface area contributed by atoms with E-state index in [9.17, 15) is 9.59 Å². The molecule has 1 aromatic carbocycles. The Morgan fingerprint density at radius 1 is 1.07 bits per heavy atom. The van der Waals surface area contributed by atoms with E-state index in [4.69, 9.17) is 16.0 Å². The van der Waals surface area contributed by atoms with Crippen molar-refractivity contribution in [3.8, 4) is 11.3 Å². The van der Waals surface area contributed by atoms with E-state index >= 15 is 0 Å². The largest absolute Gasteiger partial charge is 0.457 e. The molecule has 0 radical (unpaired) electrons. The van der Waals surface area contributed by atoms with Gasteiger partial charge in [0.1, 0.15) is 22.4 Å². The maximum atomic E-state index is 12.6. The molecular formula is C22H18ClN3O3. The van der Waals surface area contributed by atoms with Gasteiger partial charge < -0.3 is 15.1 Å². The van der Waals surface area contributed by atoms with Gasteiger partial charge in [-0.2, -0.15) is 0 Å². The molecule has 0 spiro atoms. The summed E-state index contributed by atoms with van der Waals surface area (Å²) in [4.78, 5) is 29.2. The van der Waals surface area contributed by atoms with E-state index < -0.39 is 0 Å². The highest BCUT2D eigenvalue weighted by atomic mass is 35.5. The average molecular weight is 408 g/mol. The fraction of sp³-hybridized carbons (Fsp3) is 0.136. The molecule has 1 aliphatic carbocycles. The van der Waals surface area contributed by atoms with Crippen molar-refractivity contribution in [2.45, 2.75) is 18.9 Å². The van der Waals surface area contributed by atoms with Crippen LogP contribution in [0.4, 0.5) is 0 Å². The molecule has 29 heavy (non-hydrogen) atoms. The number of furan rings is 1. The van der Waals surface area contributed by atoms with Crippen LogP contribution in [-0.4, -0.2) is 22.8 Å². The van der Waals surface area contributed by atoms with Gasteiger partial charge in [-0.1, -0.05) is 29.8 Å². The SMILES string of the molecule is O=C(NC1CC1)/C(=C\c1ccc(-c2cccnc2Cl)o1)NC(=O)c1ccccc1. The van der Waals surface area contributed by atoms with E-state index in [0.717, 1.165) is 12.8 Å². The number of nitrogens with one attached hydrogen (secondary N) is 2. The molecule has 0 saturated heterocycles. The number of rotatable bonds is 6. The quantitative estimate of drug-likeness (QED) is 0.477. The van der Waals surface area contributed by atoms with E-state index in [1.165, 1.54) is 6.08 Å². The van der Waals surface area contributed by atoms with Crippen molar-refractivity contribution in [3.05, 3.63) is 83.0 Å². The number of hydrogen-bond acceptors (Lipinski definition) is 4. The minimum atomic E-state index is -0.370. The van der Waals surface area contributed by atoms with Crippen LogP contribution >= 0.6 is 11.6 Å². The number of carbonyl (C=O) groups is 2. The van der Waals surface area contributed by atoms with Crippen molar-refractivity contribution in [1.82, 2.24) is 15.6 Å². The Balaban J connectivity index is 1.60. The van der Waals surface area contributed by atoms with Gasteiger partial charge in [0.25, 0.3) is 11.8 Å². The number of halogens is 1. The Morgan fingerprint density at radius 3 is 2.59 bits per heavy atom. The molecule has 1 saturated carbocycles. The zero-order valence-corrected chi connectivity index (χ0v) is 16.1. The Bertz CT molecular complexity index is 1070. The summed E-state index contributed by atoms with van der Waals surface area (Å²) in [5.41, 5.74) is 1.22. The molecule has 6 nitrogen and oxygen atoms in total. The third kappa shape index (κ3) is 4.73. The number of hydrogen-bond donors (Lipinski definition) is 2. The Morgan fingerprint density at radius 2 is 1.86 bits per heavy atom. The second-order valence-corrected chi connectivity index (χ2v) is 7.03. The van der Waals surface area contributed by atoms with Crippen LogP contribution in [0.2, 0.25) is 5.15 Å². The minimum Gasteiger partial charge on any atom is -0.457 e. The van der Waals surface area contributed by atoms with Crippen molar-refractivity contribution < 1.29 is 14.0 Å². The van der Waals surface area contributed by atoms with Crippen molar-refractivity contribution in [3.63, 3.8) is 0 Å². The van der Waals surface area contributed by atoms with Gasteiger partial charge in [-0.05, 0) is 49.2 Å². The van der Waals surface area contributed by atoms with Gasteiger partial charge in [-0.15, -0.1) is 0 Å². The van der Waals surface area contributed by atoms with E-state index in [-0.39, 0.29) is 23.6 Å². The molecule has 4 rings (SSSR count). The highest BCUT2D eigenvalue weighted by Gasteiger charge is 2.26. The second kappa shape index (κ2) is 8.32. The highest BCUT2D eigenvalue weighted by molar-refractivity contribution is 6.31. The molecule has 3 aromatic rings. The summed E-state index contributed by atoms with van der Waals surface area (Å²) in [6.07, 6.45) is 4.98. The van der Waals surface area contributed by atoms with Gasteiger partial charge in [0, 0.05) is 23.9 Å². The lowest BCUT2D eigenvalue weighted by Gasteiger charge is -2.10. The molecule has 1 fully saturated rings. The van der Waals surface area contributed by atoms with Crippen molar-refractivity contribution in [1.29, 1.82) is 0 Å². The normalized spacial score (nSPS) is 13.8. The molecule has 0 atom stereocenters. The number of pyridine rings is 1. The molecule has 2 heterocycles. The molecule has 2 aromatic heterocycles. The number of amides is 2. The van der Waals surface area contributed by atoms with Crippen molar-refractivity contribution in [2.24, 2.45) is 0 Å². The van der Waals surface area contributed by atoms with Crippen LogP contribution in [0.15, 0.2) is 70.9 Å². The van der Waals surface area contributed by atoms with Crippen molar-refractivity contribution in [2.75, 3.05) is 0 Å². The molecule has 0 bridgehead atoms. The summed E-state index contributed by atoms with van der Waals surface area (Å²) in [7, 11) is 0. The van der Waals surface area contributed by atoms with E-state index in [0.29, 0.717) is 27.8 Å². The average Bonchev–Trinajstić information content (AvgIpc) is 3.43. The highest BCUT2D eigenvalue weighted by Crippen LogP contribution is 2.28. The van der Waals surface area contributed by atoms with E-state index in [1.54, 1.807) is 54.7 Å². The summed E-state index contributed by atoms with van der Waals surface area (Å²) in [5.74, 6) is 0.207. The van der Waals surface area contributed by atoms with Crippen LogP contribution in [0.1, 0.15) is 29.0 Å². The molecule has 2 N–H and O–H groups in total. The first-order chi connectivity index (χ1) is 14.1. The first kappa shape index (κ1) is 19.0. The molecule has 1 aliphatic rings. The summed E-state index contributed by atoms with van der Waals surface area (Å²) in [6, 6.07) is 15.9. The number of nitrogens with zero attached hydrogens (tertiary/aromatic N) is 1. The fourth-order valence-electron chi connectivity index (χ4n) is 2.72. The van der Waals surface area contributed by atoms with Crippen LogP contribution in [0.25, 0.3) is 17.4 Å². The minimum absolute atomic E-state index is 0.115. The van der Waals surface area contributed by atoms with Crippen LogP contribution in [0.3, 0.4) is 0 Å². The zero-order valence-electron chi connectivity index (χ0n) is 15.4. The molecule has 0 aliphatic heterocycles. The summed E-state index contributed by atoms with van der Waals surface area (Å²) >= 11 is 6.12. The monoisotopic (exact) mass is 407 g/mol. The van der Waals surface area contributed by atoms with Crippen LogP contribution < -0.4 is 10.6 Å². The van der Waals surface area contributed by atoms with E-state index in [1.807, 2.05) is 6.07 Å². The van der Waals surface area contributed by atoms with Gasteiger partial charge in [-0.3, -0.25) is 9.59 Å². The summed E-state index contributed by atoms with van der Waals surface area (Å²) in [6.45, 7) is 0. The van der Waals surface area contributed by atoms with E-state index in [2.05, 4.69) is 15.6 Å². The lowest BCUT2D eigenvalue weighted by Crippen LogP contribution is -2.35. The van der Waals surface area contributed by atoms with Crippen LogP contribution in [0.5, 0.6) is 0 Å². The second-order valence-electron chi connectivity index (χ2n) is 6.67. The zero-order chi connectivity index (χ0) is 20.2. The Hall–Kier alpha value is -3.38. The third-order valence-electron chi connectivity index (χ3n) is 4.38. The fourth-order valence-corrected chi connectivity index (χ4v) is 2.93. The smallest absolute Gasteiger partial charge is 0.268 e. The topological polar surface area (TPSA) is 84.2 Å². The maximum Gasteiger partial charge on any atom is 0.268 e. The van der Waals surface area contributed by atoms with Gasteiger partial charge in [0.15, 0.2) is 0 Å². The number of benzene rings is 1. The molecule has 146 valence electrons. The predicted octanol–water partition coefficient (Wildman–Crippen LogP) is 4.04. The Kier molecular flexibility index (Phi) is 5.44. The summed E-state index contributed by atoms with van der Waals surface area (Å²) < 4.78 is 5.81. The van der Waals surface area contributed by atoms with Crippen molar-refractivity contribution >= 4 is 29.5 Å².